The molecule has 6 heteroatoms. The topological polar surface area (TPSA) is 63.1 Å². The van der Waals surface area contributed by atoms with Crippen molar-refractivity contribution in [2.24, 2.45) is 0 Å². The molecular formula is C9H4Br2NO3. The second kappa shape index (κ2) is 3.61. The van der Waals surface area contributed by atoms with E-state index < -0.39 is 5.63 Å². The van der Waals surface area contributed by atoms with Crippen molar-refractivity contribution in [3.63, 3.8) is 0 Å². The maximum Gasteiger partial charge on any atom is 0.352 e. The summed E-state index contributed by atoms with van der Waals surface area (Å²) in [6.45, 7) is 3.73. The highest BCUT2D eigenvalue weighted by Crippen LogP contribution is 2.21. The molecule has 0 aliphatic rings. The molecule has 0 amide bonds. The standard InChI is InChI=1S/C9H4Br2NO3/c1-3-4-2-5(10)7(13)12-8(4)15-9(14)6(3)11/h2H,1H2,(H,12,13). The van der Waals surface area contributed by atoms with Gasteiger partial charge in [-0.2, -0.15) is 0 Å². The van der Waals surface area contributed by atoms with Crippen molar-refractivity contribution >= 4 is 43.0 Å². The van der Waals surface area contributed by atoms with Crippen LogP contribution in [0, 0.1) is 6.92 Å². The molecule has 0 spiro atoms. The van der Waals surface area contributed by atoms with Crippen LogP contribution in [0.1, 0.15) is 5.56 Å². The molecule has 4 nitrogen and oxygen atoms in total. The Morgan fingerprint density at radius 3 is 2.67 bits per heavy atom. The van der Waals surface area contributed by atoms with E-state index >= 15 is 0 Å². The Labute approximate surface area is 101 Å². The molecule has 2 aromatic heterocycles. The minimum Gasteiger partial charge on any atom is -0.405 e. The summed E-state index contributed by atoms with van der Waals surface area (Å²) in [6.07, 6.45) is 0. The van der Waals surface area contributed by atoms with E-state index in [2.05, 4.69) is 43.8 Å². The SMILES string of the molecule is [CH2]c1c(Br)c(=O)oc2[nH]c(=O)c(Br)cc12. The van der Waals surface area contributed by atoms with E-state index in [1.54, 1.807) is 6.07 Å². The summed E-state index contributed by atoms with van der Waals surface area (Å²) in [5.74, 6) is 0. The van der Waals surface area contributed by atoms with Gasteiger partial charge in [-0.25, -0.2) is 4.79 Å². The Kier molecular flexibility index (Phi) is 2.56. The van der Waals surface area contributed by atoms with E-state index in [0.29, 0.717) is 15.4 Å². The molecule has 2 heterocycles. The third-order valence-electron chi connectivity index (χ3n) is 1.92. The molecule has 1 radical (unpaired) electrons. The number of aromatic amines is 1. The monoisotopic (exact) mass is 332 g/mol. The summed E-state index contributed by atoms with van der Waals surface area (Å²) in [6, 6.07) is 1.56. The summed E-state index contributed by atoms with van der Waals surface area (Å²) in [4.78, 5) is 24.9. The lowest BCUT2D eigenvalue weighted by Crippen LogP contribution is -2.10. The lowest BCUT2D eigenvalue weighted by atomic mass is 10.2. The average Bonchev–Trinajstić information content (AvgIpc) is 2.19. The number of pyridine rings is 1. The number of hydrogen-bond acceptors (Lipinski definition) is 3. The smallest absolute Gasteiger partial charge is 0.352 e. The van der Waals surface area contributed by atoms with Gasteiger partial charge in [0.1, 0.15) is 4.47 Å². The first-order valence-corrected chi connectivity index (χ1v) is 5.46. The minimum absolute atomic E-state index is 0.126. The Morgan fingerprint density at radius 2 is 2.00 bits per heavy atom. The van der Waals surface area contributed by atoms with Gasteiger partial charge in [0.25, 0.3) is 5.56 Å². The van der Waals surface area contributed by atoms with Crippen molar-refractivity contribution < 1.29 is 4.42 Å². The molecule has 15 heavy (non-hydrogen) atoms. The maximum absolute atomic E-state index is 11.3. The van der Waals surface area contributed by atoms with Crippen LogP contribution < -0.4 is 11.2 Å². The zero-order valence-corrected chi connectivity index (χ0v) is 10.4. The van der Waals surface area contributed by atoms with Gasteiger partial charge in [0.15, 0.2) is 0 Å². The fourth-order valence-corrected chi connectivity index (χ4v) is 1.79. The molecule has 0 unspecified atom stereocenters. The van der Waals surface area contributed by atoms with Crippen molar-refractivity contribution in [3.05, 3.63) is 48.3 Å². The van der Waals surface area contributed by atoms with Crippen LogP contribution in [-0.2, 0) is 0 Å². The highest BCUT2D eigenvalue weighted by molar-refractivity contribution is 9.10. The molecule has 0 aromatic carbocycles. The predicted octanol–water partition coefficient (Wildman–Crippen LogP) is 2.19. The Hall–Kier alpha value is -0.880. The molecular weight excluding hydrogens is 330 g/mol. The summed E-state index contributed by atoms with van der Waals surface area (Å²) >= 11 is 6.15. The van der Waals surface area contributed by atoms with Gasteiger partial charge in [0.2, 0.25) is 5.71 Å². The van der Waals surface area contributed by atoms with Crippen LogP contribution in [0.25, 0.3) is 11.1 Å². The van der Waals surface area contributed by atoms with Crippen LogP contribution in [0.3, 0.4) is 0 Å². The molecule has 77 valence electrons. The van der Waals surface area contributed by atoms with E-state index in [1.807, 2.05) is 0 Å². The molecule has 0 fully saturated rings. The van der Waals surface area contributed by atoms with Crippen molar-refractivity contribution in [1.29, 1.82) is 0 Å². The predicted molar refractivity (Wildman–Crippen MR) is 63.0 cm³/mol. The molecule has 1 N–H and O–H groups in total. The number of hydrogen-bond donors (Lipinski definition) is 1. The van der Waals surface area contributed by atoms with Gasteiger partial charge in [-0.3, -0.25) is 9.78 Å². The van der Waals surface area contributed by atoms with Crippen molar-refractivity contribution in [1.82, 2.24) is 4.98 Å². The van der Waals surface area contributed by atoms with Gasteiger partial charge in [-0.15, -0.1) is 0 Å². The number of fused-ring (bicyclic) bond motifs is 1. The zero-order chi connectivity index (χ0) is 11.2. The van der Waals surface area contributed by atoms with Crippen LogP contribution in [0.15, 0.2) is 29.0 Å². The van der Waals surface area contributed by atoms with E-state index in [0.717, 1.165) is 0 Å². The summed E-state index contributed by atoms with van der Waals surface area (Å²) < 4.78 is 5.51. The Bertz CT molecular complexity index is 651. The average molecular weight is 334 g/mol. The first-order chi connectivity index (χ1) is 7.00. The van der Waals surface area contributed by atoms with Crippen molar-refractivity contribution in [2.45, 2.75) is 0 Å². The minimum atomic E-state index is -0.564. The first kappa shape index (κ1) is 10.6. The summed E-state index contributed by atoms with van der Waals surface area (Å²) in [5, 5.41) is 0.577. The van der Waals surface area contributed by atoms with Crippen molar-refractivity contribution in [3.8, 4) is 0 Å². The highest BCUT2D eigenvalue weighted by atomic mass is 79.9. The Balaban J connectivity index is 3.06. The molecule has 0 saturated heterocycles. The van der Waals surface area contributed by atoms with Crippen LogP contribution in [0.5, 0.6) is 0 Å². The van der Waals surface area contributed by atoms with Crippen LogP contribution in [-0.4, -0.2) is 4.98 Å². The van der Waals surface area contributed by atoms with Crippen LogP contribution in [0.2, 0.25) is 0 Å². The second-order valence-corrected chi connectivity index (χ2v) is 4.52. The largest absolute Gasteiger partial charge is 0.405 e. The van der Waals surface area contributed by atoms with Crippen LogP contribution >= 0.6 is 31.9 Å². The number of halogens is 2. The molecule has 0 aliphatic carbocycles. The van der Waals surface area contributed by atoms with E-state index in [1.165, 1.54) is 0 Å². The van der Waals surface area contributed by atoms with Gasteiger partial charge in [-0.1, -0.05) is 0 Å². The number of H-pyrrole nitrogens is 1. The lowest BCUT2D eigenvalue weighted by molar-refractivity contribution is 0.543. The van der Waals surface area contributed by atoms with Gasteiger partial charge < -0.3 is 4.42 Å². The van der Waals surface area contributed by atoms with E-state index in [-0.39, 0.29) is 15.7 Å². The molecule has 0 aliphatic heterocycles. The third-order valence-corrected chi connectivity index (χ3v) is 3.32. The quantitative estimate of drug-likeness (QED) is 0.803. The third kappa shape index (κ3) is 1.68. The highest BCUT2D eigenvalue weighted by Gasteiger charge is 2.10. The fraction of sp³-hybridized carbons (Fsp3) is 0. The number of aromatic nitrogens is 1. The summed E-state index contributed by atoms with van der Waals surface area (Å²) in [5.41, 5.74) is -0.308. The molecule has 0 saturated carbocycles. The van der Waals surface area contributed by atoms with Crippen LogP contribution in [0.4, 0.5) is 0 Å². The van der Waals surface area contributed by atoms with Gasteiger partial charge in [-0.05, 0) is 50.4 Å². The van der Waals surface area contributed by atoms with E-state index in [9.17, 15) is 9.59 Å². The number of nitrogens with one attached hydrogen (secondary N) is 1. The van der Waals surface area contributed by atoms with Gasteiger partial charge in [0, 0.05) is 5.39 Å². The molecule has 0 atom stereocenters. The molecule has 2 rings (SSSR count). The molecule has 2 aromatic rings. The first-order valence-electron chi connectivity index (χ1n) is 3.88. The number of rotatable bonds is 0. The second-order valence-electron chi connectivity index (χ2n) is 2.87. The molecule has 0 bridgehead atoms. The van der Waals surface area contributed by atoms with Gasteiger partial charge in [0.05, 0.1) is 4.47 Å². The maximum atomic E-state index is 11.3. The van der Waals surface area contributed by atoms with Gasteiger partial charge >= 0.3 is 5.63 Å². The lowest BCUT2D eigenvalue weighted by Gasteiger charge is -2.02. The van der Waals surface area contributed by atoms with E-state index in [4.69, 9.17) is 4.42 Å². The fourth-order valence-electron chi connectivity index (χ4n) is 1.17. The normalized spacial score (nSPS) is 10.9. The Morgan fingerprint density at radius 1 is 1.33 bits per heavy atom. The summed E-state index contributed by atoms with van der Waals surface area (Å²) in [7, 11) is 0. The van der Waals surface area contributed by atoms with Crippen molar-refractivity contribution in [2.75, 3.05) is 0 Å². The zero-order valence-electron chi connectivity index (χ0n) is 7.27.